The van der Waals surface area contributed by atoms with Gasteiger partial charge in [-0.15, -0.1) is 0 Å². The summed E-state index contributed by atoms with van der Waals surface area (Å²) >= 11 is 0. The number of hydrogen-bond acceptors (Lipinski definition) is 3. The smallest absolute Gasteiger partial charge is 0.159 e. The van der Waals surface area contributed by atoms with Crippen molar-refractivity contribution >= 4 is 5.78 Å². The molecule has 0 bridgehead atoms. The predicted octanol–water partition coefficient (Wildman–Crippen LogP) is 4.33. The van der Waals surface area contributed by atoms with Gasteiger partial charge in [0, 0.05) is 26.2 Å². The second-order valence-electron chi connectivity index (χ2n) is 7.53. The van der Waals surface area contributed by atoms with E-state index >= 15 is 0 Å². The highest BCUT2D eigenvalue weighted by molar-refractivity contribution is 5.91. The summed E-state index contributed by atoms with van der Waals surface area (Å²) < 4.78 is 0. The van der Waals surface area contributed by atoms with Crippen molar-refractivity contribution in [3.05, 3.63) is 71.8 Å². The Bertz CT molecular complexity index is 666. The first-order chi connectivity index (χ1) is 13.2. The third kappa shape index (κ3) is 4.15. The Morgan fingerprint density at radius 3 is 1.81 bits per heavy atom. The number of carbonyl (C=O) groups excluding carboxylic acids is 1. The van der Waals surface area contributed by atoms with E-state index in [1.54, 1.807) is 6.92 Å². The fourth-order valence-corrected chi connectivity index (χ4v) is 4.41. The Morgan fingerprint density at radius 2 is 1.37 bits per heavy atom. The fraction of sp³-hybridized carbons (Fsp3) is 0.458. The highest BCUT2D eigenvalue weighted by atomic mass is 16.1. The van der Waals surface area contributed by atoms with Crippen LogP contribution in [0.1, 0.15) is 44.2 Å². The van der Waals surface area contributed by atoms with Crippen LogP contribution in [0.5, 0.6) is 0 Å². The van der Waals surface area contributed by atoms with Gasteiger partial charge in [-0.1, -0.05) is 80.4 Å². The van der Waals surface area contributed by atoms with E-state index in [4.69, 9.17) is 0 Å². The third-order valence-corrected chi connectivity index (χ3v) is 5.82. The van der Waals surface area contributed by atoms with Crippen LogP contribution in [0.3, 0.4) is 0 Å². The molecule has 0 aromatic heterocycles. The third-order valence-electron chi connectivity index (χ3n) is 5.82. The zero-order valence-corrected chi connectivity index (χ0v) is 16.7. The molecular formula is C24H32N2O. The van der Waals surface area contributed by atoms with Gasteiger partial charge in [0.1, 0.15) is 5.54 Å². The maximum Gasteiger partial charge on any atom is 0.159 e. The first-order valence-corrected chi connectivity index (χ1v) is 10.3. The van der Waals surface area contributed by atoms with Gasteiger partial charge in [0.05, 0.1) is 0 Å². The number of piperazine rings is 1. The summed E-state index contributed by atoms with van der Waals surface area (Å²) in [7, 11) is 0. The monoisotopic (exact) mass is 364 g/mol. The van der Waals surface area contributed by atoms with Gasteiger partial charge in [-0.05, 0) is 31.0 Å². The minimum atomic E-state index is -0.696. The minimum Gasteiger partial charge on any atom is -0.301 e. The number of Topliss-reactive ketones (excluding diaryl/α,β-unsaturated/α-hetero) is 1. The van der Waals surface area contributed by atoms with Crippen LogP contribution in [-0.4, -0.2) is 48.3 Å². The zero-order chi connectivity index (χ0) is 19.1. The summed E-state index contributed by atoms with van der Waals surface area (Å²) in [5, 5.41) is 0. The number of unbranched alkanes of at least 4 members (excludes halogenated alkanes) is 2. The van der Waals surface area contributed by atoms with Gasteiger partial charge in [0.2, 0.25) is 0 Å². The first-order valence-electron chi connectivity index (χ1n) is 10.3. The van der Waals surface area contributed by atoms with Gasteiger partial charge in [0.15, 0.2) is 5.78 Å². The summed E-state index contributed by atoms with van der Waals surface area (Å²) in [6.45, 7) is 9.04. The summed E-state index contributed by atoms with van der Waals surface area (Å²) in [6, 6.07) is 20.6. The van der Waals surface area contributed by atoms with Crippen LogP contribution in [0.2, 0.25) is 0 Å². The molecule has 0 aliphatic carbocycles. The van der Waals surface area contributed by atoms with Gasteiger partial charge < -0.3 is 4.90 Å². The molecule has 1 saturated heterocycles. The van der Waals surface area contributed by atoms with Crippen LogP contribution in [0.4, 0.5) is 0 Å². The Balaban J connectivity index is 1.91. The number of hydrogen-bond donors (Lipinski definition) is 0. The molecule has 3 rings (SSSR count). The van der Waals surface area contributed by atoms with Crippen LogP contribution in [-0.2, 0) is 10.3 Å². The van der Waals surface area contributed by atoms with Gasteiger partial charge >= 0.3 is 0 Å². The molecule has 2 aromatic carbocycles. The van der Waals surface area contributed by atoms with E-state index in [2.05, 4.69) is 41.0 Å². The van der Waals surface area contributed by atoms with Crippen molar-refractivity contribution in [3.63, 3.8) is 0 Å². The molecule has 0 spiro atoms. The van der Waals surface area contributed by atoms with E-state index in [1.807, 2.05) is 36.4 Å². The zero-order valence-electron chi connectivity index (χ0n) is 16.7. The Kier molecular flexibility index (Phi) is 6.81. The Hall–Kier alpha value is -1.97. The lowest BCUT2D eigenvalue weighted by Gasteiger charge is -2.47. The normalized spacial score (nSPS) is 16.4. The Labute approximate surface area is 164 Å². The molecule has 1 fully saturated rings. The van der Waals surface area contributed by atoms with Gasteiger partial charge in [-0.2, -0.15) is 0 Å². The quantitative estimate of drug-likeness (QED) is 0.652. The molecule has 27 heavy (non-hydrogen) atoms. The van der Waals surface area contributed by atoms with Crippen molar-refractivity contribution < 1.29 is 4.79 Å². The molecule has 0 atom stereocenters. The first kappa shape index (κ1) is 19.8. The molecule has 1 heterocycles. The number of ketones is 1. The molecule has 1 aliphatic heterocycles. The summed E-state index contributed by atoms with van der Waals surface area (Å²) in [4.78, 5) is 18.2. The SMILES string of the molecule is CCCCCN1CCN(C(C(C)=O)(c2ccccc2)c2ccccc2)CC1. The lowest BCUT2D eigenvalue weighted by atomic mass is 9.77. The Morgan fingerprint density at radius 1 is 0.852 bits per heavy atom. The maximum atomic E-state index is 13.2. The summed E-state index contributed by atoms with van der Waals surface area (Å²) in [5.74, 6) is 0.194. The van der Waals surface area contributed by atoms with Crippen molar-refractivity contribution in [2.75, 3.05) is 32.7 Å². The van der Waals surface area contributed by atoms with Gasteiger partial charge in [-0.25, -0.2) is 0 Å². The fourth-order valence-electron chi connectivity index (χ4n) is 4.41. The van der Waals surface area contributed by atoms with Gasteiger partial charge in [-0.3, -0.25) is 9.69 Å². The van der Waals surface area contributed by atoms with Crippen LogP contribution < -0.4 is 0 Å². The van der Waals surface area contributed by atoms with Crippen molar-refractivity contribution in [1.29, 1.82) is 0 Å². The van der Waals surface area contributed by atoms with E-state index in [0.717, 1.165) is 37.3 Å². The number of carbonyl (C=O) groups is 1. The summed E-state index contributed by atoms with van der Waals surface area (Å²) in [5.41, 5.74) is 1.45. The minimum absolute atomic E-state index is 0.194. The standard InChI is InChI=1S/C24H32N2O/c1-3-4-11-16-25-17-19-26(20-18-25)24(21(2)27,22-12-7-5-8-13-22)23-14-9-6-10-15-23/h5-10,12-15H,3-4,11,16-20H2,1-2H3. The van der Waals surface area contributed by atoms with Crippen LogP contribution in [0.25, 0.3) is 0 Å². The highest BCUT2D eigenvalue weighted by Gasteiger charge is 2.45. The molecule has 0 amide bonds. The molecular weight excluding hydrogens is 332 g/mol. The van der Waals surface area contributed by atoms with Crippen LogP contribution in [0, 0.1) is 0 Å². The molecule has 0 unspecified atom stereocenters. The molecule has 144 valence electrons. The van der Waals surface area contributed by atoms with E-state index in [1.165, 1.54) is 25.8 Å². The van der Waals surface area contributed by atoms with Crippen molar-refractivity contribution in [2.24, 2.45) is 0 Å². The molecule has 3 heteroatoms. The van der Waals surface area contributed by atoms with E-state index in [-0.39, 0.29) is 5.78 Å². The maximum absolute atomic E-state index is 13.2. The van der Waals surface area contributed by atoms with Crippen molar-refractivity contribution in [3.8, 4) is 0 Å². The van der Waals surface area contributed by atoms with Crippen molar-refractivity contribution in [1.82, 2.24) is 9.80 Å². The van der Waals surface area contributed by atoms with E-state index in [9.17, 15) is 4.79 Å². The molecule has 0 saturated carbocycles. The second-order valence-corrected chi connectivity index (χ2v) is 7.53. The second kappa shape index (κ2) is 9.29. The van der Waals surface area contributed by atoms with E-state index in [0.29, 0.717) is 0 Å². The number of rotatable bonds is 8. The lowest BCUT2D eigenvalue weighted by molar-refractivity contribution is -0.128. The molecule has 0 N–H and O–H groups in total. The molecule has 1 aliphatic rings. The highest BCUT2D eigenvalue weighted by Crippen LogP contribution is 2.37. The number of nitrogens with zero attached hydrogens (tertiary/aromatic N) is 2. The van der Waals surface area contributed by atoms with E-state index < -0.39 is 5.54 Å². The molecule has 3 nitrogen and oxygen atoms in total. The molecule has 2 aromatic rings. The summed E-state index contributed by atoms with van der Waals surface area (Å²) in [6.07, 6.45) is 3.83. The van der Waals surface area contributed by atoms with Crippen molar-refractivity contribution in [2.45, 2.75) is 38.6 Å². The average molecular weight is 365 g/mol. The predicted molar refractivity (Wildman–Crippen MR) is 112 cm³/mol. The number of benzene rings is 2. The topological polar surface area (TPSA) is 23.6 Å². The lowest BCUT2D eigenvalue weighted by Crippen LogP contribution is -2.59. The molecule has 0 radical (unpaired) electrons. The van der Waals surface area contributed by atoms with Crippen LogP contribution >= 0.6 is 0 Å². The van der Waals surface area contributed by atoms with Gasteiger partial charge in [0.25, 0.3) is 0 Å². The average Bonchev–Trinajstić information content (AvgIpc) is 2.71. The van der Waals surface area contributed by atoms with Crippen LogP contribution in [0.15, 0.2) is 60.7 Å². The largest absolute Gasteiger partial charge is 0.301 e.